The highest BCUT2D eigenvalue weighted by molar-refractivity contribution is 6.06. The van der Waals surface area contributed by atoms with E-state index in [1.54, 1.807) is 0 Å². The molecule has 0 fully saturated rings. The molecule has 0 N–H and O–H groups in total. The third kappa shape index (κ3) is 6.17. The number of nitrogens with zero attached hydrogens (tertiary/aromatic N) is 3. The monoisotopic (exact) mass is 751 g/mol. The molecule has 0 saturated carbocycles. The molecule has 3 nitrogen and oxygen atoms in total. The fraction of sp³-hybridized carbons (Fsp3) is 0.182. The first kappa shape index (κ1) is 35.9. The number of rotatable bonds is 3. The summed E-state index contributed by atoms with van der Waals surface area (Å²) in [6.07, 6.45) is 11.4. The minimum atomic E-state index is -0.0100. The standard InChI is InChI=1S/C55H49N3/c1-36-26-29-58-52(31-36)48-18-12-11-17-45(48)49-22-21-39-19-20-40(33-50(39)54-34-41(55(3,4)5)27-30-57(54)37(2)32-53(49)58)43-23-24-46(51-35-56-28-25-47(43)51)44-16-10-9-15-42(44)38-13-7-6-8-14-38/h6-20,23-31,33-35,49,53H,2,21-22,32H2,1,3-5H3/q+2. The van der Waals surface area contributed by atoms with E-state index in [-0.39, 0.29) is 11.5 Å². The van der Waals surface area contributed by atoms with Crippen LogP contribution < -0.4 is 9.13 Å². The van der Waals surface area contributed by atoms with Crippen LogP contribution in [0.3, 0.4) is 0 Å². The number of pyridine rings is 3. The van der Waals surface area contributed by atoms with Crippen molar-refractivity contribution in [1.29, 1.82) is 0 Å². The Hall–Kier alpha value is -6.45. The van der Waals surface area contributed by atoms with E-state index in [9.17, 15) is 0 Å². The van der Waals surface area contributed by atoms with Gasteiger partial charge >= 0.3 is 0 Å². The number of aryl methyl sites for hydroxylation is 2. The van der Waals surface area contributed by atoms with Crippen molar-refractivity contribution in [3.63, 3.8) is 0 Å². The molecule has 282 valence electrons. The Morgan fingerprint density at radius 2 is 1.38 bits per heavy atom. The molecule has 3 heteroatoms. The summed E-state index contributed by atoms with van der Waals surface area (Å²) in [6, 6.07) is 52.1. The van der Waals surface area contributed by atoms with E-state index in [0.29, 0.717) is 5.92 Å². The average molecular weight is 752 g/mol. The molecule has 0 amide bonds. The maximum atomic E-state index is 4.86. The van der Waals surface area contributed by atoms with Gasteiger partial charge in [0, 0.05) is 53.5 Å². The third-order valence-corrected chi connectivity index (χ3v) is 12.7. The fourth-order valence-corrected chi connectivity index (χ4v) is 9.73. The summed E-state index contributed by atoms with van der Waals surface area (Å²) in [5, 5.41) is 2.35. The maximum Gasteiger partial charge on any atom is 0.218 e. The van der Waals surface area contributed by atoms with Gasteiger partial charge in [0.25, 0.3) is 0 Å². The minimum absolute atomic E-state index is 0.0100. The van der Waals surface area contributed by atoms with Gasteiger partial charge in [-0.3, -0.25) is 4.98 Å². The molecule has 10 rings (SSSR count). The number of fused-ring (bicyclic) bond motifs is 10. The van der Waals surface area contributed by atoms with E-state index < -0.39 is 0 Å². The lowest BCUT2D eigenvalue weighted by molar-refractivity contribution is -0.720. The van der Waals surface area contributed by atoms with Gasteiger partial charge in [0.1, 0.15) is 0 Å². The van der Waals surface area contributed by atoms with E-state index in [4.69, 9.17) is 6.58 Å². The Balaban J connectivity index is 1.14. The first-order chi connectivity index (χ1) is 28.2. The molecule has 2 atom stereocenters. The highest BCUT2D eigenvalue weighted by Gasteiger charge is 2.42. The van der Waals surface area contributed by atoms with Crippen molar-refractivity contribution in [2.24, 2.45) is 0 Å². The second-order valence-corrected chi connectivity index (χ2v) is 17.4. The summed E-state index contributed by atoms with van der Waals surface area (Å²) >= 11 is 0. The Bertz CT molecular complexity index is 2900. The molecule has 2 aliphatic rings. The molecular formula is C55H49N3+2. The summed E-state index contributed by atoms with van der Waals surface area (Å²) in [7, 11) is 0. The molecule has 58 heavy (non-hydrogen) atoms. The predicted molar refractivity (Wildman–Crippen MR) is 239 cm³/mol. The van der Waals surface area contributed by atoms with Crippen LogP contribution in [-0.2, 0) is 11.8 Å². The van der Waals surface area contributed by atoms with Crippen LogP contribution in [0.4, 0.5) is 0 Å². The molecular weight excluding hydrogens is 703 g/mol. The van der Waals surface area contributed by atoms with Crippen molar-refractivity contribution in [3.05, 3.63) is 193 Å². The van der Waals surface area contributed by atoms with E-state index in [2.05, 4.69) is 194 Å². The fourth-order valence-electron chi connectivity index (χ4n) is 9.73. The van der Waals surface area contributed by atoms with Crippen LogP contribution in [0.1, 0.15) is 67.8 Å². The van der Waals surface area contributed by atoms with E-state index >= 15 is 0 Å². The molecule has 0 spiro atoms. The number of hydrogen-bond donors (Lipinski definition) is 0. The van der Waals surface area contributed by atoms with Crippen LogP contribution in [0, 0.1) is 6.92 Å². The smallest absolute Gasteiger partial charge is 0.218 e. The van der Waals surface area contributed by atoms with E-state index in [1.165, 1.54) is 83.5 Å². The second-order valence-electron chi connectivity index (χ2n) is 17.4. The van der Waals surface area contributed by atoms with Crippen LogP contribution in [0.2, 0.25) is 0 Å². The summed E-state index contributed by atoms with van der Waals surface area (Å²) in [6.45, 7) is 14.0. The Morgan fingerprint density at radius 1 is 0.621 bits per heavy atom. The van der Waals surface area contributed by atoms with Crippen molar-refractivity contribution < 1.29 is 9.13 Å². The molecule has 2 unspecified atom stereocenters. The van der Waals surface area contributed by atoms with Crippen molar-refractivity contribution >= 4 is 16.5 Å². The van der Waals surface area contributed by atoms with Crippen molar-refractivity contribution in [2.75, 3.05) is 0 Å². The highest BCUT2D eigenvalue weighted by Crippen LogP contribution is 2.46. The minimum Gasteiger partial charge on any atom is -0.264 e. The van der Waals surface area contributed by atoms with Crippen LogP contribution in [-0.4, -0.2) is 4.98 Å². The van der Waals surface area contributed by atoms with Crippen molar-refractivity contribution in [1.82, 2.24) is 4.98 Å². The molecule has 8 aromatic rings. The Labute approximate surface area is 342 Å². The molecule has 0 radical (unpaired) electrons. The Kier molecular flexibility index (Phi) is 8.78. The van der Waals surface area contributed by atoms with Crippen LogP contribution in [0.15, 0.2) is 171 Å². The SMILES string of the molecule is C=C1CC2C(CCc3ccc(-c4ccc(-c5ccccc5-c5ccccc5)c5cnccc45)cc3-c3cc(C(C)(C)C)cc[n+]31)c1ccccc1-c1cc(C)cc[n+]12. The van der Waals surface area contributed by atoms with Gasteiger partial charge in [-0.05, 0) is 111 Å². The van der Waals surface area contributed by atoms with Gasteiger partial charge in [-0.1, -0.05) is 118 Å². The largest absolute Gasteiger partial charge is 0.264 e. The first-order valence-electron chi connectivity index (χ1n) is 20.7. The molecule has 0 bridgehead atoms. The van der Waals surface area contributed by atoms with Crippen LogP contribution in [0.5, 0.6) is 0 Å². The molecule has 3 aromatic heterocycles. The van der Waals surface area contributed by atoms with Crippen molar-refractivity contribution in [3.8, 4) is 55.9 Å². The topological polar surface area (TPSA) is 20.6 Å². The van der Waals surface area contributed by atoms with E-state index in [0.717, 1.165) is 30.3 Å². The molecule has 2 aliphatic heterocycles. The zero-order chi connectivity index (χ0) is 39.5. The lowest BCUT2D eigenvalue weighted by Gasteiger charge is -2.31. The number of allylic oxidation sites excluding steroid dienone is 1. The quantitative estimate of drug-likeness (QED) is 0.165. The van der Waals surface area contributed by atoms with E-state index in [1.807, 2.05) is 12.4 Å². The highest BCUT2D eigenvalue weighted by atomic mass is 15.0. The van der Waals surface area contributed by atoms with Gasteiger partial charge in [-0.25, -0.2) is 0 Å². The third-order valence-electron chi connectivity index (χ3n) is 12.7. The maximum absolute atomic E-state index is 4.86. The van der Waals surface area contributed by atoms with Crippen molar-refractivity contribution in [2.45, 2.75) is 64.3 Å². The van der Waals surface area contributed by atoms with Gasteiger partial charge in [-0.15, -0.1) is 0 Å². The zero-order valence-electron chi connectivity index (χ0n) is 33.9. The lowest BCUT2D eigenvalue weighted by Crippen LogP contribution is -2.49. The lowest BCUT2D eigenvalue weighted by atomic mass is 9.77. The summed E-state index contributed by atoms with van der Waals surface area (Å²) < 4.78 is 4.93. The van der Waals surface area contributed by atoms with Gasteiger partial charge in [0.15, 0.2) is 24.1 Å². The average Bonchev–Trinajstić information content (AvgIpc) is 3.25. The number of hydrogen-bond acceptors (Lipinski definition) is 1. The molecule has 5 heterocycles. The van der Waals surface area contributed by atoms with Gasteiger partial charge in [0.2, 0.25) is 11.4 Å². The van der Waals surface area contributed by atoms with Crippen LogP contribution in [0.25, 0.3) is 72.4 Å². The first-order valence-corrected chi connectivity index (χ1v) is 20.7. The zero-order valence-corrected chi connectivity index (χ0v) is 33.9. The van der Waals surface area contributed by atoms with Gasteiger partial charge in [0.05, 0.1) is 12.0 Å². The van der Waals surface area contributed by atoms with Crippen LogP contribution >= 0.6 is 0 Å². The molecule has 0 saturated heterocycles. The van der Waals surface area contributed by atoms with Gasteiger partial charge in [-0.2, -0.15) is 9.13 Å². The predicted octanol–water partition coefficient (Wildman–Crippen LogP) is 12.9. The Morgan fingerprint density at radius 3 is 2.21 bits per heavy atom. The molecule has 0 aliphatic carbocycles. The summed E-state index contributed by atoms with van der Waals surface area (Å²) in [4.78, 5) is 4.67. The number of aromatic nitrogens is 3. The summed E-state index contributed by atoms with van der Waals surface area (Å²) in [5.41, 5.74) is 18.9. The normalized spacial score (nSPS) is 16.1. The second kappa shape index (κ2) is 14.2. The summed E-state index contributed by atoms with van der Waals surface area (Å²) in [5.74, 6) is 0.347. The number of benzene rings is 5. The molecule has 5 aromatic carbocycles. The van der Waals surface area contributed by atoms with Gasteiger partial charge < -0.3 is 0 Å².